The maximum Gasteiger partial charge on any atom is 0.407 e. The number of carboxylic acid groups (broad SMARTS) is 1. The van der Waals surface area contributed by atoms with Crippen LogP contribution in [0.15, 0.2) is 30.3 Å². The Morgan fingerprint density at radius 2 is 2.00 bits per heavy atom. The Morgan fingerprint density at radius 1 is 1.32 bits per heavy atom. The van der Waals surface area contributed by atoms with E-state index < -0.39 is 17.6 Å². The van der Waals surface area contributed by atoms with E-state index in [-0.39, 0.29) is 19.1 Å². The highest BCUT2D eigenvalue weighted by Gasteiger charge is 2.47. The number of amides is 1. The van der Waals surface area contributed by atoms with Gasteiger partial charge in [0.2, 0.25) is 0 Å². The van der Waals surface area contributed by atoms with Gasteiger partial charge in [-0.25, -0.2) is 4.79 Å². The molecule has 1 aromatic rings. The maximum absolute atomic E-state index is 11.9. The van der Waals surface area contributed by atoms with Crippen molar-refractivity contribution in [3.05, 3.63) is 35.9 Å². The van der Waals surface area contributed by atoms with Gasteiger partial charge in [0.05, 0.1) is 18.1 Å². The Balaban J connectivity index is 1.85. The normalized spacial score (nSPS) is 23.4. The van der Waals surface area contributed by atoms with E-state index in [4.69, 9.17) is 14.6 Å². The lowest BCUT2D eigenvalue weighted by molar-refractivity contribution is -0.142. The number of ether oxygens (including phenoxy) is 2. The van der Waals surface area contributed by atoms with Crippen LogP contribution in [-0.4, -0.2) is 35.4 Å². The van der Waals surface area contributed by atoms with Gasteiger partial charge in [0.1, 0.15) is 6.61 Å². The number of carboxylic acids is 1. The van der Waals surface area contributed by atoms with Crippen LogP contribution in [0.4, 0.5) is 4.79 Å². The third-order valence-corrected chi connectivity index (χ3v) is 3.71. The molecule has 0 bridgehead atoms. The molecule has 0 spiro atoms. The Bertz CT molecular complexity index is 511. The fourth-order valence-corrected chi connectivity index (χ4v) is 2.72. The third kappa shape index (κ3) is 4.46. The van der Waals surface area contributed by atoms with Crippen molar-refractivity contribution >= 4 is 12.1 Å². The van der Waals surface area contributed by atoms with E-state index in [1.54, 1.807) is 0 Å². The van der Waals surface area contributed by atoms with Crippen molar-refractivity contribution in [2.45, 2.75) is 44.4 Å². The van der Waals surface area contributed by atoms with Crippen molar-refractivity contribution < 1.29 is 24.2 Å². The van der Waals surface area contributed by atoms with Gasteiger partial charge in [-0.2, -0.15) is 0 Å². The molecule has 6 nitrogen and oxygen atoms in total. The smallest absolute Gasteiger partial charge is 0.407 e. The van der Waals surface area contributed by atoms with Gasteiger partial charge in [-0.3, -0.25) is 4.79 Å². The number of hydrogen-bond donors (Lipinski definition) is 2. The quantitative estimate of drug-likeness (QED) is 0.807. The summed E-state index contributed by atoms with van der Waals surface area (Å²) in [4.78, 5) is 22.9. The molecule has 1 aliphatic carbocycles. The molecular formula is C16H21NO5. The van der Waals surface area contributed by atoms with E-state index >= 15 is 0 Å². The van der Waals surface area contributed by atoms with E-state index in [1.807, 2.05) is 37.3 Å². The summed E-state index contributed by atoms with van der Waals surface area (Å²) in [5, 5.41) is 11.7. The maximum atomic E-state index is 11.9. The molecule has 0 atom stereocenters. The van der Waals surface area contributed by atoms with Crippen LogP contribution in [0.5, 0.6) is 0 Å². The van der Waals surface area contributed by atoms with Gasteiger partial charge in [-0.05, 0) is 25.3 Å². The van der Waals surface area contributed by atoms with Crippen molar-refractivity contribution in [1.82, 2.24) is 5.32 Å². The SMILES string of the molecule is CCOC1CC(CC(=O)O)(NC(=O)OCc2ccccc2)C1. The Labute approximate surface area is 129 Å². The summed E-state index contributed by atoms with van der Waals surface area (Å²) < 4.78 is 10.6. The molecule has 0 aliphatic heterocycles. The van der Waals surface area contributed by atoms with Gasteiger partial charge in [-0.15, -0.1) is 0 Å². The molecule has 0 aromatic heterocycles. The summed E-state index contributed by atoms with van der Waals surface area (Å²) in [6, 6.07) is 9.32. The van der Waals surface area contributed by atoms with E-state index in [2.05, 4.69) is 5.32 Å². The average molecular weight is 307 g/mol. The third-order valence-electron chi connectivity index (χ3n) is 3.71. The zero-order valence-electron chi connectivity index (χ0n) is 12.6. The Hall–Kier alpha value is -2.08. The lowest BCUT2D eigenvalue weighted by Crippen LogP contribution is -2.61. The molecular weight excluding hydrogens is 286 g/mol. The molecule has 1 aliphatic rings. The second kappa shape index (κ2) is 7.26. The number of carbonyl (C=O) groups is 2. The minimum atomic E-state index is -0.946. The summed E-state index contributed by atoms with van der Waals surface area (Å²) in [7, 11) is 0. The van der Waals surface area contributed by atoms with Gasteiger partial charge < -0.3 is 19.9 Å². The van der Waals surface area contributed by atoms with Crippen LogP contribution in [0.25, 0.3) is 0 Å². The minimum absolute atomic E-state index is 0.00114. The summed E-state index contributed by atoms with van der Waals surface area (Å²) in [5.74, 6) is -0.946. The van der Waals surface area contributed by atoms with Gasteiger partial charge >= 0.3 is 12.1 Å². The largest absolute Gasteiger partial charge is 0.481 e. The Kier molecular flexibility index (Phi) is 5.38. The van der Waals surface area contributed by atoms with Crippen molar-refractivity contribution in [2.75, 3.05) is 6.61 Å². The van der Waals surface area contributed by atoms with Gasteiger partial charge in [0.25, 0.3) is 0 Å². The number of rotatable bonds is 7. The highest BCUT2D eigenvalue weighted by Crippen LogP contribution is 2.37. The number of benzene rings is 1. The zero-order valence-corrected chi connectivity index (χ0v) is 12.6. The predicted molar refractivity (Wildman–Crippen MR) is 79.4 cm³/mol. The second-order valence-corrected chi connectivity index (χ2v) is 5.52. The molecule has 0 heterocycles. The van der Waals surface area contributed by atoms with E-state index in [0.717, 1.165) is 5.56 Å². The summed E-state index contributed by atoms with van der Waals surface area (Å²) in [6.07, 6.45) is 0.261. The fourth-order valence-electron chi connectivity index (χ4n) is 2.72. The van der Waals surface area contributed by atoms with Crippen molar-refractivity contribution in [1.29, 1.82) is 0 Å². The first-order valence-corrected chi connectivity index (χ1v) is 7.35. The summed E-state index contributed by atoms with van der Waals surface area (Å²) in [5.41, 5.74) is 0.116. The molecule has 1 fully saturated rings. The highest BCUT2D eigenvalue weighted by atomic mass is 16.5. The van der Waals surface area contributed by atoms with Crippen LogP contribution in [-0.2, 0) is 20.9 Å². The standard InChI is InChI=1S/C16H21NO5/c1-2-21-13-8-16(9-13,10-14(18)19)17-15(20)22-11-12-6-4-3-5-7-12/h3-7,13H,2,8-11H2,1H3,(H,17,20)(H,18,19). The van der Waals surface area contributed by atoms with Crippen molar-refractivity contribution in [3.63, 3.8) is 0 Å². The number of carbonyl (C=O) groups excluding carboxylic acids is 1. The zero-order chi connectivity index (χ0) is 16.0. The minimum Gasteiger partial charge on any atom is -0.481 e. The molecule has 2 N–H and O–H groups in total. The molecule has 0 radical (unpaired) electrons. The molecule has 0 saturated heterocycles. The van der Waals surface area contributed by atoms with Crippen LogP contribution >= 0.6 is 0 Å². The van der Waals surface area contributed by atoms with Crippen LogP contribution in [0.2, 0.25) is 0 Å². The number of alkyl carbamates (subject to hydrolysis) is 1. The predicted octanol–water partition coefficient (Wildman–Crippen LogP) is 2.33. The van der Waals surface area contributed by atoms with Gasteiger partial charge in [0, 0.05) is 6.61 Å². The molecule has 22 heavy (non-hydrogen) atoms. The monoisotopic (exact) mass is 307 g/mol. The fraction of sp³-hybridized carbons (Fsp3) is 0.500. The lowest BCUT2D eigenvalue weighted by Gasteiger charge is -2.46. The molecule has 0 unspecified atom stereocenters. The molecule has 1 amide bonds. The topological polar surface area (TPSA) is 84.9 Å². The summed E-state index contributed by atoms with van der Waals surface area (Å²) >= 11 is 0. The molecule has 2 rings (SSSR count). The van der Waals surface area contributed by atoms with Gasteiger partial charge in [-0.1, -0.05) is 30.3 Å². The number of hydrogen-bond acceptors (Lipinski definition) is 4. The first kappa shape index (κ1) is 16.3. The first-order chi connectivity index (χ1) is 10.5. The molecule has 1 saturated carbocycles. The average Bonchev–Trinajstić information content (AvgIpc) is 2.44. The van der Waals surface area contributed by atoms with Crippen LogP contribution in [0, 0.1) is 0 Å². The number of aliphatic carboxylic acids is 1. The van der Waals surface area contributed by atoms with Crippen LogP contribution in [0.1, 0.15) is 31.7 Å². The van der Waals surface area contributed by atoms with Crippen LogP contribution < -0.4 is 5.32 Å². The Morgan fingerprint density at radius 3 is 2.59 bits per heavy atom. The van der Waals surface area contributed by atoms with Crippen LogP contribution in [0.3, 0.4) is 0 Å². The van der Waals surface area contributed by atoms with E-state index in [0.29, 0.717) is 19.4 Å². The lowest BCUT2D eigenvalue weighted by atomic mass is 9.72. The highest BCUT2D eigenvalue weighted by molar-refractivity contribution is 5.73. The molecule has 6 heteroatoms. The van der Waals surface area contributed by atoms with E-state index in [9.17, 15) is 9.59 Å². The number of nitrogens with one attached hydrogen (secondary N) is 1. The molecule has 120 valence electrons. The molecule has 1 aromatic carbocycles. The van der Waals surface area contributed by atoms with Crippen molar-refractivity contribution in [2.24, 2.45) is 0 Å². The van der Waals surface area contributed by atoms with Crippen molar-refractivity contribution in [3.8, 4) is 0 Å². The summed E-state index contributed by atoms with van der Waals surface area (Å²) in [6.45, 7) is 2.62. The second-order valence-electron chi connectivity index (χ2n) is 5.52. The first-order valence-electron chi connectivity index (χ1n) is 7.35. The van der Waals surface area contributed by atoms with E-state index in [1.165, 1.54) is 0 Å². The van der Waals surface area contributed by atoms with Gasteiger partial charge in [0.15, 0.2) is 0 Å².